The minimum Gasteiger partial charge on any atom is -0.381 e. The molecule has 3 heteroatoms. The van der Waals surface area contributed by atoms with Crippen LogP contribution in [0.15, 0.2) is 0 Å². The Hall–Kier alpha value is -0.120. The molecule has 2 fully saturated rings. The summed E-state index contributed by atoms with van der Waals surface area (Å²) in [6, 6.07) is 0. The van der Waals surface area contributed by atoms with Crippen molar-refractivity contribution < 1.29 is 4.74 Å². The fraction of sp³-hybridized carbons (Fsp3) is 1.00. The van der Waals surface area contributed by atoms with Crippen molar-refractivity contribution in [3.63, 3.8) is 0 Å². The van der Waals surface area contributed by atoms with E-state index in [4.69, 9.17) is 4.74 Å². The number of hydrogen-bond acceptors (Lipinski definition) is 3. The third-order valence-electron chi connectivity index (χ3n) is 4.38. The zero-order valence-corrected chi connectivity index (χ0v) is 11.3. The molecule has 2 rings (SSSR count). The van der Waals surface area contributed by atoms with Crippen molar-refractivity contribution >= 4 is 0 Å². The normalized spacial score (nSPS) is 28.4. The van der Waals surface area contributed by atoms with Crippen molar-refractivity contribution in [2.45, 2.75) is 39.0 Å². The molecule has 0 aromatic carbocycles. The standard InChI is InChI=1S/C14H28N2O/c1-14(5-9-17-10-6-14)12-16-7-2-3-13-4-8-15-11-13/h13,15-16H,2-12H2,1H3. The van der Waals surface area contributed by atoms with E-state index in [0.29, 0.717) is 5.41 Å². The lowest BCUT2D eigenvalue weighted by Gasteiger charge is -2.33. The predicted molar refractivity (Wildman–Crippen MR) is 71.2 cm³/mol. The molecular weight excluding hydrogens is 212 g/mol. The molecule has 0 radical (unpaired) electrons. The zero-order chi connectivity index (χ0) is 12.0. The Morgan fingerprint density at radius 2 is 2.18 bits per heavy atom. The van der Waals surface area contributed by atoms with Gasteiger partial charge in [0.25, 0.3) is 0 Å². The lowest BCUT2D eigenvalue weighted by molar-refractivity contribution is 0.0241. The molecule has 3 nitrogen and oxygen atoms in total. The Kier molecular flexibility index (Phi) is 5.26. The molecule has 2 aliphatic rings. The summed E-state index contributed by atoms with van der Waals surface area (Å²) < 4.78 is 5.43. The molecule has 1 atom stereocenters. The van der Waals surface area contributed by atoms with Crippen LogP contribution in [0.4, 0.5) is 0 Å². The summed E-state index contributed by atoms with van der Waals surface area (Å²) in [5.41, 5.74) is 0.479. The number of hydrogen-bond donors (Lipinski definition) is 2. The second-order valence-corrected chi connectivity index (χ2v) is 6.10. The first-order valence-corrected chi connectivity index (χ1v) is 7.28. The van der Waals surface area contributed by atoms with E-state index in [1.54, 1.807) is 0 Å². The van der Waals surface area contributed by atoms with Crippen molar-refractivity contribution in [1.82, 2.24) is 10.6 Å². The zero-order valence-electron chi connectivity index (χ0n) is 11.3. The lowest BCUT2D eigenvalue weighted by atomic mass is 9.82. The van der Waals surface area contributed by atoms with E-state index in [0.717, 1.165) is 19.1 Å². The van der Waals surface area contributed by atoms with Crippen LogP contribution in [0.5, 0.6) is 0 Å². The van der Waals surface area contributed by atoms with Gasteiger partial charge < -0.3 is 15.4 Å². The van der Waals surface area contributed by atoms with Gasteiger partial charge in [0.05, 0.1) is 0 Å². The molecule has 0 aliphatic carbocycles. The average molecular weight is 240 g/mol. The Balaban J connectivity index is 1.50. The van der Waals surface area contributed by atoms with Gasteiger partial charge in [-0.15, -0.1) is 0 Å². The summed E-state index contributed by atoms with van der Waals surface area (Å²) in [6.45, 7) is 9.12. The van der Waals surface area contributed by atoms with E-state index < -0.39 is 0 Å². The first-order chi connectivity index (χ1) is 8.29. The molecule has 0 saturated carbocycles. The van der Waals surface area contributed by atoms with Gasteiger partial charge >= 0.3 is 0 Å². The summed E-state index contributed by atoms with van der Waals surface area (Å²) in [5.74, 6) is 0.940. The molecule has 0 aromatic heterocycles. The molecule has 100 valence electrons. The topological polar surface area (TPSA) is 33.3 Å². The smallest absolute Gasteiger partial charge is 0.0471 e. The van der Waals surface area contributed by atoms with E-state index in [9.17, 15) is 0 Å². The monoisotopic (exact) mass is 240 g/mol. The van der Waals surface area contributed by atoms with Crippen molar-refractivity contribution in [2.75, 3.05) is 39.4 Å². The Morgan fingerprint density at radius 1 is 1.35 bits per heavy atom. The van der Waals surface area contributed by atoms with Gasteiger partial charge in [-0.25, -0.2) is 0 Å². The second-order valence-electron chi connectivity index (χ2n) is 6.10. The van der Waals surface area contributed by atoms with E-state index in [1.807, 2.05) is 0 Å². The van der Waals surface area contributed by atoms with Crippen LogP contribution in [-0.4, -0.2) is 39.4 Å². The van der Waals surface area contributed by atoms with Crippen molar-refractivity contribution in [1.29, 1.82) is 0 Å². The third kappa shape index (κ3) is 4.57. The molecule has 2 saturated heterocycles. The maximum Gasteiger partial charge on any atom is 0.0471 e. The summed E-state index contributed by atoms with van der Waals surface area (Å²) in [5, 5.41) is 7.08. The maximum atomic E-state index is 5.43. The predicted octanol–water partition coefficient (Wildman–Crippen LogP) is 1.78. The quantitative estimate of drug-likeness (QED) is 0.694. The fourth-order valence-corrected chi connectivity index (χ4v) is 2.91. The van der Waals surface area contributed by atoms with Crippen LogP contribution in [0, 0.1) is 11.3 Å². The van der Waals surface area contributed by atoms with E-state index >= 15 is 0 Å². The van der Waals surface area contributed by atoms with Gasteiger partial charge in [0.1, 0.15) is 0 Å². The largest absolute Gasteiger partial charge is 0.381 e. The first-order valence-electron chi connectivity index (χ1n) is 7.28. The average Bonchev–Trinajstić information content (AvgIpc) is 2.82. The van der Waals surface area contributed by atoms with Gasteiger partial charge in [-0.05, 0) is 63.1 Å². The molecule has 0 amide bonds. The van der Waals surface area contributed by atoms with Crippen LogP contribution in [0.2, 0.25) is 0 Å². The first kappa shape index (κ1) is 13.3. The van der Waals surface area contributed by atoms with Crippen LogP contribution in [-0.2, 0) is 4.74 Å². The molecule has 2 N–H and O–H groups in total. The molecule has 0 bridgehead atoms. The van der Waals surface area contributed by atoms with Crippen LogP contribution in [0.1, 0.15) is 39.0 Å². The Labute approximate surface area is 106 Å². The highest BCUT2D eigenvalue weighted by molar-refractivity contribution is 4.79. The van der Waals surface area contributed by atoms with Gasteiger partial charge in [-0.1, -0.05) is 6.92 Å². The highest BCUT2D eigenvalue weighted by atomic mass is 16.5. The minimum atomic E-state index is 0.479. The van der Waals surface area contributed by atoms with Crippen molar-refractivity contribution in [3.05, 3.63) is 0 Å². The van der Waals surface area contributed by atoms with Crippen molar-refractivity contribution in [2.24, 2.45) is 11.3 Å². The number of ether oxygens (including phenoxy) is 1. The Bertz CT molecular complexity index is 208. The van der Waals surface area contributed by atoms with E-state index in [2.05, 4.69) is 17.6 Å². The lowest BCUT2D eigenvalue weighted by Crippen LogP contribution is -2.37. The SMILES string of the molecule is CC1(CNCCCC2CCNC2)CCOCC1. The molecule has 17 heavy (non-hydrogen) atoms. The second kappa shape index (κ2) is 6.72. The van der Waals surface area contributed by atoms with Crippen LogP contribution >= 0.6 is 0 Å². The molecular formula is C14H28N2O. The molecule has 0 aromatic rings. The summed E-state index contributed by atoms with van der Waals surface area (Å²) >= 11 is 0. The van der Waals surface area contributed by atoms with Gasteiger partial charge in [-0.3, -0.25) is 0 Å². The maximum absolute atomic E-state index is 5.43. The fourth-order valence-electron chi connectivity index (χ4n) is 2.91. The summed E-state index contributed by atoms with van der Waals surface area (Å²) in [6.07, 6.45) is 6.53. The molecule has 0 spiro atoms. The summed E-state index contributed by atoms with van der Waals surface area (Å²) in [7, 11) is 0. The summed E-state index contributed by atoms with van der Waals surface area (Å²) in [4.78, 5) is 0. The van der Waals surface area contributed by atoms with Crippen molar-refractivity contribution in [3.8, 4) is 0 Å². The minimum absolute atomic E-state index is 0.479. The van der Waals surface area contributed by atoms with Crippen LogP contribution < -0.4 is 10.6 Å². The van der Waals surface area contributed by atoms with Gasteiger partial charge in [0.15, 0.2) is 0 Å². The van der Waals surface area contributed by atoms with Crippen LogP contribution in [0.25, 0.3) is 0 Å². The highest BCUT2D eigenvalue weighted by Gasteiger charge is 2.26. The molecule has 1 unspecified atom stereocenters. The highest BCUT2D eigenvalue weighted by Crippen LogP contribution is 2.28. The van der Waals surface area contributed by atoms with Crippen LogP contribution in [0.3, 0.4) is 0 Å². The van der Waals surface area contributed by atoms with Gasteiger partial charge in [0.2, 0.25) is 0 Å². The van der Waals surface area contributed by atoms with E-state index in [1.165, 1.54) is 58.3 Å². The third-order valence-corrected chi connectivity index (χ3v) is 4.38. The number of nitrogens with one attached hydrogen (secondary N) is 2. The van der Waals surface area contributed by atoms with E-state index in [-0.39, 0.29) is 0 Å². The van der Waals surface area contributed by atoms with Gasteiger partial charge in [0, 0.05) is 19.8 Å². The Morgan fingerprint density at radius 3 is 2.88 bits per heavy atom. The molecule has 2 heterocycles. The number of rotatable bonds is 6. The van der Waals surface area contributed by atoms with Gasteiger partial charge in [-0.2, -0.15) is 0 Å². The molecule has 2 aliphatic heterocycles.